The molecule has 0 atom stereocenters. The fraction of sp³-hybridized carbons (Fsp3) is 0.364. The monoisotopic (exact) mass is 206 g/mol. The Hall–Kier alpha value is -1.71. The molecule has 0 spiro atoms. The first-order valence-corrected chi connectivity index (χ1v) is 4.95. The lowest BCUT2D eigenvalue weighted by molar-refractivity contribution is 0.834. The maximum Gasteiger partial charge on any atom is 0.125 e. The van der Waals surface area contributed by atoms with Crippen LogP contribution in [0, 0.1) is 0 Å². The Kier molecular flexibility index (Phi) is 3.55. The number of benzene rings is 1. The van der Waals surface area contributed by atoms with Crippen LogP contribution < -0.4 is 16.8 Å². The van der Waals surface area contributed by atoms with Gasteiger partial charge in [-0.3, -0.25) is 4.99 Å². The second-order valence-corrected chi connectivity index (χ2v) is 3.66. The van der Waals surface area contributed by atoms with Gasteiger partial charge in [0.15, 0.2) is 0 Å². The first kappa shape index (κ1) is 11.4. The van der Waals surface area contributed by atoms with Crippen molar-refractivity contribution in [3.8, 4) is 0 Å². The Labute approximate surface area is 90.4 Å². The maximum absolute atomic E-state index is 5.83. The van der Waals surface area contributed by atoms with Gasteiger partial charge in [0.25, 0.3) is 0 Å². The second-order valence-electron chi connectivity index (χ2n) is 3.66. The van der Waals surface area contributed by atoms with Gasteiger partial charge >= 0.3 is 0 Å². The third-order valence-corrected chi connectivity index (χ3v) is 2.01. The van der Waals surface area contributed by atoms with Crippen LogP contribution in [0.25, 0.3) is 0 Å². The molecule has 0 bridgehead atoms. The molecule has 0 saturated carbocycles. The molecule has 15 heavy (non-hydrogen) atoms. The van der Waals surface area contributed by atoms with Gasteiger partial charge in [-0.05, 0) is 32.0 Å². The molecule has 1 aromatic carbocycles. The van der Waals surface area contributed by atoms with Crippen LogP contribution >= 0.6 is 0 Å². The SMILES string of the molecule is CNc1ccc(C(N)=NC(C)C)cc1N. The number of nitrogens with one attached hydrogen (secondary N) is 1. The number of nitrogens with zero attached hydrogens (tertiary/aromatic N) is 1. The van der Waals surface area contributed by atoms with E-state index in [0.717, 1.165) is 11.3 Å². The van der Waals surface area contributed by atoms with Gasteiger partial charge in [-0.25, -0.2) is 0 Å². The lowest BCUT2D eigenvalue weighted by Crippen LogP contribution is -2.16. The zero-order valence-corrected chi connectivity index (χ0v) is 9.41. The van der Waals surface area contributed by atoms with Gasteiger partial charge < -0.3 is 16.8 Å². The minimum Gasteiger partial charge on any atom is -0.397 e. The summed E-state index contributed by atoms with van der Waals surface area (Å²) < 4.78 is 0. The fourth-order valence-corrected chi connectivity index (χ4v) is 1.30. The van der Waals surface area contributed by atoms with Crippen molar-refractivity contribution in [1.82, 2.24) is 0 Å². The molecule has 0 fully saturated rings. The molecule has 0 radical (unpaired) electrons. The molecule has 0 amide bonds. The molecule has 0 aromatic heterocycles. The van der Waals surface area contributed by atoms with Gasteiger partial charge in [0.1, 0.15) is 5.84 Å². The van der Waals surface area contributed by atoms with E-state index in [0.29, 0.717) is 11.5 Å². The average Bonchev–Trinajstić information content (AvgIpc) is 2.16. The van der Waals surface area contributed by atoms with Crippen LogP contribution in [0.5, 0.6) is 0 Å². The summed E-state index contributed by atoms with van der Waals surface area (Å²) in [5, 5.41) is 3.00. The van der Waals surface area contributed by atoms with Gasteiger partial charge in [-0.1, -0.05) is 0 Å². The van der Waals surface area contributed by atoms with Crippen LogP contribution in [-0.4, -0.2) is 18.9 Å². The molecular weight excluding hydrogens is 188 g/mol. The van der Waals surface area contributed by atoms with Crippen molar-refractivity contribution in [1.29, 1.82) is 0 Å². The van der Waals surface area contributed by atoms with Crippen molar-refractivity contribution in [3.63, 3.8) is 0 Å². The van der Waals surface area contributed by atoms with E-state index in [9.17, 15) is 0 Å². The van der Waals surface area contributed by atoms with Crippen LogP contribution in [-0.2, 0) is 0 Å². The van der Waals surface area contributed by atoms with Gasteiger partial charge in [0, 0.05) is 18.7 Å². The molecule has 1 rings (SSSR count). The zero-order valence-electron chi connectivity index (χ0n) is 9.41. The van der Waals surface area contributed by atoms with Crippen molar-refractivity contribution in [2.45, 2.75) is 19.9 Å². The summed E-state index contributed by atoms with van der Waals surface area (Å²) in [5.74, 6) is 0.527. The summed E-state index contributed by atoms with van der Waals surface area (Å²) in [6.45, 7) is 3.97. The summed E-state index contributed by atoms with van der Waals surface area (Å²) in [5.41, 5.74) is 14.1. The Morgan fingerprint density at radius 1 is 1.40 bits per heavy atom. The fourth-order valence-electron chi connectivity index (χ4n) is 1.30. The number of nitrogen functional groups attached to an aromatic ring is 1. The van der Waals surface area contributed by atoms with Crippen molar-refractivity contribution < 1.29 is 0 Å². The summed E-state index contributed by atoms with van der Waals surface area (Å²) in [6.07, 6.45) is 0. The van der Waals surface area contributed by atoms with Crippen molar-refractivity contribution >= 4 is 17.2 Å². The number of anilines is 2. The van der Waals surface area contributed by atoms with E-state index in [2.05, 4.69) is 10.3 Å². The number of hydrogen-bond acceptors (Lipinski definition) is 3. The van der Waals surface area contributed by atoms with Gasteiger partial charge in [0.2, 0.25) is 0 Å². The molecular formula is C11H18N4. The molecule has 0 heterocycles. The predicted molar refractivity (Wildman–Crippen MR) is 66.3 cm³/mol. The minimum absolute atomic E-state index is 0.190. The van der Waals surface area contributed by atoms with E-state index in [1.54, 1.807) is 0 Å². The molecule has 5 N–H and O–H groups in total. The van der Waals surface area contributed by atoms with E-state index in [-0.39, 0.29) is 6.04 Å². The summed E-state index contributed by atoms with van der Waals surface area (Å²) in [4.78, 5) is 4.26. The highest BCUT2D eigenvalue weighted by atomic mass is 14.9. The molecule has 4 nitrogen and oxygen atoms in total. The van der Waals surface area contributed by atoms with Crippen molar-refractivity contribution in [2.24, 2.45) is 10.7 Å². The summed E-state index contributed by atoms with van der Waals surface area (Å²) in [6, 6.07) is 5.82. The van der Waals surface area contributed by atoms with Crippen LogP contribution in [0.1, 0.15) is 19.4 Å². The number of rotatable bonds is 3. The standard InChI is InChI=1S/C11H18N4/c1-7(2)15-11(13)8-4-5-10(14-3)9(12)6-8/h4-7,14H,12H2,1-3H3,(H2,13,15). The normalized spacial score (nSPS) is 11.9. The topological polar surface area (TPSA) is 76.4 Å². The molecule has 4 heteroatoms. The Morgan fingerprint density at radius 2 is 2.07 bits per heavy atom. The molecule has 82 valence electrons. The van der Waals surface area contributed by atoms with E-state index < -0.39 is 0 Å². The van der Waals surface area contributed by atoms with E-state index >= 15 is 0 Å². The highest BCUT2D eigenvalue weighted by molar-refractivity contribution is 5.99. The van der Waals surface area contributed by atoms with Crippen LogP contribution in [0.15, 0.2) is 23.2 Å². The third kappa shape index (κ3) is 2.87. The number of nitrogens with two attached hydrogens (primary N) is 2. The first-order chi connectivity index (χ1) is 7.04. The number of hydrogen-bond donors (Lipinski definition) is 3. The third-order valence-electron chi connectivity index (χ3n) is 2.01. The Balaban J connectivity index is 3.02. The van der Waals surface area contributed by atoms with Gasteiger partial charge in [0.05, 0.1) is 11.4 Å². The van der Waals surface area contributed by atoms with Crippen LogP contribution in [0.2, 0.25) is 0 Å². The average molecular weight is 206 g/mol. The minimum atomic E-state index is 0.190. The maximum atomic E-state index is 5.83. The molecule has 1 aromatic rings. The van der Waals surface area contributed by atoms with Crippen molar-refractivity contribution in [3.05, 3.63) is 23.8 Å². The Morgan fingerprint density at radius 3 is 2.53 bits per heavy atom. The smallest absolute Gasteiger partial charge is 0.125 e. The number of amidine groups is 1. The van der Waals surface area contributed by atoms with Crippen LogP contribution in [0.4, 0.5) is 11.4 Å². The van der Waals surface area contributed by atoms with E-state index in [4.69, 9.17) is 11.5 Å². The lowest BCUT2D eigenvalue weighted by Gasteiger charge is -2.08. The van der Waals surface area contributed by atoms with E-state index in [1.165, 1.54) is 0 Å². The molecule has 0 aliphatic heterocycles. The van der Waals surface area contributed by atoms with Gasteiger partial charge in [-0.15, -0.1) is 0 Å². The highest BCUT2D eigenvalue weighted by Gasteiger charge is 2.02. The van der Waals surface area contributed by atoms with Crippen molar-refractivity contribution in [2.75, 3.05) is 18.1 Å². The van der Waals surface area contributed by atoms with Gasteiger partial charge in [-0.2, -0.15) is 0 Å². The quantitative estimate of drug-likeness (QED) is 0.398. The largest absolute Gasteiger partial charge is 0.397 e. The summed E-state index contributed by atoms with van der Waals surface area (Å²) in [7, 11) is 1.83. The van der Waals surface area contributed by atoms with E-state index in [1.807, 2.05) is 39.1 Å². The summed E-state index contributed by atoms with van der Waals surface area (Å²) >= 11 is 0. The second kappa shape index (κ2) is 4.68. The molecule has 0 aliphatic carbocycles. The molecule has 0 aliphatic rings. The first-order valence-electron chi connectivity index (χ1n) is 4.95. The zero-order chi connectivity index (χ0) is 11.4. The molecule has 0 saturated heterocycles. The lowest BCUT2D eigenvalue weighted by atomic mass is 10.1. The predicted octanol–water partition coefficient (Wildman–Crippen LogP) is 1.42. The van der Waals surface area contributed by atoms with Crippen LogP contribution in [0.3, 0.4) is 0 Å². The number of aliphatic imine (C=N–C) groups is 1. The highest BCUT2D eigenvalue weighted by Crippen LogP contribution is 2.18. The molecule has 0 unspecified atom stereocenters. The Bertz CT molecular complexity index is 369.